The fourth-order valence-electron chi connectivity index (χ4n) is 4.54. The lowest BCUT2D eigenvalue weighted by Crippen LogP contribution is -2.39. The lowest BCUT2D eigenvalue weighted by molar-refractivity contribution is 0.122. The number of urea groups is 1. The van der Waals surface area contributed by atoms with Crippen LogP contribution in [-0.4, -0.2) is 53.4 Å². The van der Waals surface area contributed by atoms with Crippen molar-refractivity contribution in [3.8, 4) is 11.5 Å². The maximum absolute atomic E-state index is 13.1. The van der Waals surface area contributed by atoms with Gasteiger partial charge in [-0.15, -0.1) is 0 Å². The molecule has 1 unspecified atom stereocenters. The fraction of sp³-hybridized carbons (Fsp3) is 0.571. The van der Waals surface area contributed by atoms with Crippen LogP contribution in [-0.2, 0) is 6.42 Å². The summed E-state index contributed by atoms with van der Waals surface area (Å²) in [5.74, 6) is 3.23. The Balaban J connectivity index is 1.51. The minimum Gasteiger partial charge on any atom is -0.497 e. The van der Waals surface area contributed by atoms with Gasteiger partial charge in [-0.2, -0.15) is 5.10 Å². The Hall–Kier alpha value is -2.77. The summed E-state index contributed by atoms with van der Waals surface area (Å²) in [5.41, 5.74) is 0.702. The second-order valence-corrected chi connectivity index (χ2v) is 8.04. The number of aryl methyl sites for hydroxylation is 1. The smallest absolute Gasteiger partial charge is 0.321 e. The summed E-state index contributed by atoms with van der Waals surface area (Å²) in [5, 5.41) is 10.6. The molecule has 1 atom stereocenters. The van der Waals surface area contributed by atoms with Crippen molar-refractivity contribution in [3.63, 3.8) is 0 Å². The first-order valence-electron chi connectivity index (χ1n) is 10.3. The molecule has 1 spiro atoms. The lowest BCUT2D eigenvalue weighted by Gasteiger charge is -2.41. The number of aromatic amines is 1. The van der Waals surface area contributed by atoms with Crippen LogP contribution in [0.25, 0.3) is 0 Å². The summed E-state index contributed by atoms with van der Waals surface area (Å²) >= 11 is 0. The van der Waals surface area contributed by atoms with E-state index in [2.05, 4.69) is 22.4 Å². The molecule has 2 aromatic rings. The first kappa shape index (κ1) is 19.5. The molecule has 2 amide bonds. The summed E-state index contributed by atoms with van der Waals surface area (Å²) in [6.07, 6.45) is 5.35. The molecule has 2 N–H and O–H groups in total. The van der Waals surface area contributed by atoms with Gasteiger partial charge in [0.05, 0.1) is 19.9 Å². The van der Waals surface area contributed by atoms with E-state index >= 15 is 0 Å². The van der Waals surface area contributed by atoms with Crippen LogP contribution >= 0.6 is 0 Å². The molecular formula is C21H29N5O3. The molecule has 0 radical (unpaired) electrons. The molecule has 1 aliphatic heterocycles. The van der Waals surface area contributed by atoms with Crippen molar-refractivity contribution < 1.29 is 14.3 Å². The Morgan fingerprint density at radius 3 is 2.83 bits per heavy atom. The maximum atomic E-state index is 13.1. The molecule has 1 aromatic heterocycles. The summed E-state index contributed by atoms with van der Waals surface area (Å²) in [7, 11) is 3.19. The van der Waals surface area contributed by atoms with Gasteiger partial charge in [0.15, 0.2) is 5.82 Å². The quantitative estimate of drug-likeness (QED) is 0.775. The minimum absolute atomic E-state index is 0.0987. The third-order valence-electron chi connectivity index (χ3n) is 6.28. The fourth-order valence-corrected chi connectivity index (χ4v) is 4.54. The summed E-state index contributed by atoms with van der Waals surface area (Å²) in [4.78, 5) is 19.7. The lowest BCUT2D eigenvalue weighted by atomic mass is 9.62. The van der Waals surface area contributed by atoms with Gasteiger partial charge in [0.2, 0.25) is 0 Å². The number of anilines is 1. The molecule has 2 fully saturated rings. The Morgan fingerprint density at radius 2 is 2.17 bits per heavy atom. The number of nitrogens with one attached hydrogen (secondary N) is 2. The number of carbonyl (C=O) groups is 1. The Labute approximate surface area is 171 Å². The highest BCUT2D eigenvalue weighted by Gasteiger charge is 2.53. The van der Waals surface area contributed by atoms with Crippen LogP contribution in [0.5, 0.6) is 11.5 Å². The van der Waals surface area contributed by atoms with Crippen LogP contribution in [0.1, 0.15) is 50.2 Å². The van der Waals surface area contributed by atoms with Crippen LogP contribution in [0.3, 0.4) is 0 Å². The third-order valence-corrected chi connectivity index (χ3v) is 6.28. The third kappa shape index (κ3) is 3.63. The van der Waals surface area contributed by atoms with E-state index in [-0.39, 0.29) is 17.4 Å². The highest BCUT2D eigenvalue weighted by atomic mass is 16.5. The predicted octanol–water partition coefficient (Wildman–Crippen LogP) is 3.58. The monoisotopic (exact) mass is 399 g/mol. The highest BCUT2D eigenvalue weighted by molar-refractivity contribution is 5.91. The molecule has 8 nitrogen and oxygen atoms in total. The number of nitrogens with zero attached hydrogens (tertiary/aromatic N) is 3. The van der Waals surface area contributed by atoms with Crippen molar-refractivity contribution in [2.24, 2.45) is 5.41 Å². The number of methoxy groups -OCH3 is 2. The number of aromatic nitrogens is 3. The average Bonchev–Trinajstić information content (AvgIpc) is 3.32. The summed E-state index contributed by atoms with van der Waals surface area (Å²) in [6.45, 7) is 3.49. The van der Waals surface area contributed by atoms with Crippen molar-refractivity contribution in [2.75, 3.05) is 32.6 Å². The number of benzene rings is 1. The SMILES string of the molecule is CCCc1nc(C2CN(C(=O)Nc3cc(OC)ccc3OC)CC23CCC3)n[nH]1. The molecule has 1 saturated carbocycles. The Bertz CT molecular complexity index is 877. The van der Waals surface area contributed by atoms with Crippen LogP contribution in [0.2, 0.25) is 0 Å². The van der Waals surface area contributed by atoms with Gasteiger partial charge in [0, 0.05) is 31.5 Å². The molecular weight excluding hydrogens is 370 g/mol. The molecule has 2 aliphatic rings. The maximum Gasteiger partial charge on any atom is 0.321 e. The number of hydrogen-bond donors (Lipinski definition) is 2. The number of amides is 2. The minimum atomic E-state index is -0.130. The second-order valence-electron chi connectivity index (χ2n) is 8.04. The van der Waals surface area contributed by atoms with E-state index in [1.165, 1.54) is 6.42 Å². The van der Waals surface area contributed by atoms with Crippen molar-refractivity contribution in [3.05, 3.63) is 29.8 Å². The molecule has 1 aromatic carbocycles. The van der Waals surface area contributed by atoms with Crippen molar-refractivity contribution >= 4 is 11.7 Å². The zero-order valence-electron chi connectivity index (χ0n) is 17.3. The van der Waals surface area contributed by atoms with Crippen LogP contribution in [0.15, 0.2) is 18.2 Å². The van der Waals surface area contributed by atoms with E-state index in [0.29, 0.717) is 23.7 Å². The van der Waals surface area contributed by atoms with Crippen LogP contribution < -0.4 is 14.8 Å². The molecule has 8 heteroatoms. The largest absolute Gasteiger partial charge is 0.497 e. The van der Waals surface area contributed by atoms with E-state index in [9.17, 15) is 4.79 Å². The van der Waals surface area contributed by atoms with E-state index in [4.69, 9.17) is 14.5 Å². The number of ether oxygens (including phenoxy) is 2. The Kier molecular flexibility index (Phi) is 5.34. The van der Waals surface area contributed by atoms with E-state index in [0.717, 1.165) is 43.9 Å². The van der Waals surface area contributed by atoms with Crippen LogP contribution in [0.4, 0.5) is 10.5 Å². The predicted molar refractivity (Wildman–Crippen MR) is 110 cm³/mol. The van der Waals surface area contributed by atoms with Gasteiger partial charge < -0.3 is 19.7 Å². The van der Waals surface area contributed by atoms with E-state index in [1.807, 2.05) is 4.90 Å². The van der Waals surface area contributed by atoms with Gasteiger partial charge in [-0.25, -0.2) is 9.78 Å². The van der Waals surface area contributed by atoms with Crippen molar-refractivity contribution in [1.29, 1.82) is 0 Å². The topological polar surface area (TPSA) is 92.4 Å². The normalized spacial score (nSPS) is 19.8. The van der Waals surface area contributed by atoms with Gasteiger partial charge in [-0.3, -0.25) is 5.10 Å². The van der Waals surface area contributed by atoms with Crippen molar-refractivity contribution in [2.45, 2.75) is 44.9 Å². The van der Waals surface area contributed by atoms with Gasteiger partial charge in [0.25, 0.3) is 0 Å². The number of carbonyl (C=O) groups excluding carboxylic acids is 1. The number of H-pyrrole nitrogens is 1. The number of rotatable bonds is 6. The summed E-state index contributed by atoms with van der Waals surface area (Å²) < 4.78 is 10.7. The second kappa shape index (κ2) is 7.93. The molecule has 2 heterocycles. The standard InChI is InChI=1S/C21H29N5O3/c1-4-6-18-23-19(25-24-18)15-12-26(13-21(15)9-5-10-21)20(27)22-16-11-14(28-2)7-8-17(16)29-3/h7-8,11,15H,4-6,9-10,12-13H2,1-3H3,(H,22,27)(H,23,24,25). The van der Waals surface area contributed by atoms with Gasteiger partial charge in [-0.1, -0.05) is 13.3 Å². The first-order chi connectivity index (χ1) is 14.1. The molecule has 29 heavy (non-hydrogen) atoms. The average molecular weight is 399 g/mol. The van der Waals surface area contributed by atoms with Crippen molar-refractivity contribution in [1.82, 2.24) is 20.1 Å². The zero-order chi connectivity index (χ0) is 20.4. The molecule has 1 saturated heterocycles. The van der Waals surface area contributed by atoms with E-state index < -0.39 is 0 Å². The van der Waals surface area contributed by atoms with Gasteiger partial charge >= 0.3 is 6.03 Å². The first-order valence-corrected chi connectivity index (χ1v) is 10.3. The summed E-state index contributed by atoms with van der Waals surface area (Å²) in [6, 6.07) is 5.24. The van der Waals surface area contributed by atoms with E-state index in [1.54, 1.807) is 32.4 Å². The molecule has 1 aliphatic carbocycles. The highest BCUT2D eigenvalue weighted by Crippen LogP contribution is 2.55. The molecule has 156 valence electrons. The Morgan fingerprint density at radius 1 is 1.34 bits per heavy atom. The van der Waals surface area contributed by atoms with Gasteiger partial charge in [-0.05, 0) is 36.8 Å². The molecule has 0 bridgehead atoms. The van der Waals surface area contributed by atoms with Crippen LogP contribution in [0, 0.1) is 5.41 Å². The number of hydrogen-bond acceptors (Lipinski definition) is 5. The number of likely N-dealkylation sites (tertiary alicyclic amines) is 1. The molecule has 4 rings (SSSR count). The van der Waals surface area contributed by atoms with Gasteiger partial charge in [0.1, 0.15) is 17.3 Å². The zero-order valence-corrected chi connectivity index (χ0v) is 17.3.